The predicted molar refractivity (Wildman–Crippen MR) is 142 cm³/mol. The molecule has 0 saturated carbocycles. The Bertz CT molecular complexity index is 1160. The van der Waals surface area contributed by atoms with Gasteiger partial charge in [-0.3, -0.25) is 4.79 Å². The van der Waals surface area contributed by atoms with E-state index in [4.69, 9.17) is 0 Å². The van der Waals surface area contributed by atoms with E-state index in [2.05, 4.69) is 35.0 Å². The first kappa shape index (κ1) is 25.7. The van der Waals surface area contributed by atoms with Gasteiger partial charge in [0.1, 0.15) is 0 Å². The third kappa shape index (κ3) is 5.71. The van der Waals surface area contributed by atoms with Gasteiger partial charge in [0.05, 0.1) is 4.90 Å². The van der Waals surface area contributed by atoms with E-state index in [-0.39, 0.29) is 11.8 Å². The fourth-order valence-corrected chi connectivity index (χ4v) is 6.90. The summed E-state index contributed by atoms with van der Waals surface area (Å²) in [5.74, 6) is -0.222. The molecule has 0 unspecified atom stereocenters. The lowest BCUT2D eigenvalue weighted by Gasteiger charge is -2.36. The Labute approximate surface area is 210 Å². The Morgan fingerprint density at radius 1 is 0.914 bits per heavy atom. The summed E-state index contributed by atoms with van der Waals surface area (Å²) in [5.41, 5.74) is 4.98. The molecule has 2 aromatic carbocycles. The van der Waals surface area contributed by atoms with Crippen molar-refractivity contribution in [1.82, 2.24) is 9.21 Å². The van der Waals surface area contributed by atoms with E-state index in [0.29, 0.717) is 30.8 Å². The molecule has 1 N–H and O–H groups in total. The van der Waals surface area contributed by atoms with Crippen LogP contribution in [0, 0.1) is 26.7 Å². The van der Waals surface area contributed by atoms with Crippen molar-refractivity contribution in [3.05, 3.63) is 53.1 Å². The Balaban J connectivity index is 1.34. The molecule has 0 aliphatic carbocycles. The number of hydrogen-bond donors (Lipinski definition) is 1. The van der Waals surface area contributed by atoms with Gasteiger partial charge in [0.2, 0.25) is 15.9 Å². The maximum absolute atomic E-state index is 13.1. The van der Waals surface area contributed by atoms with E-state index < -0.39 is 10.0 Å². The zero-order chi connectivity index (χ0) is 25.2. The summed E-state index contributed by atoms with van der Waals surface area (Å²) in [6.45, 7) is 14.1. The first-order valence-electron chi connectivity index (χ1n) is 12.6. The molecule has 2 saturated heterocycles. The van der Waals surface area contributed by atoms with Crippen LogP contribution in [-0.4, -0.2) is 69.3 Å². The molecule has 2 heterocycles. The lowest BCUT2D eigenvalue weighted by atomic mass is 9.97. The molecule has 1 amide bonds. The van der Waals surface area contributed by atoms with Gasteiger partial charge in [0, 0.05) is 56.6 Å². The van der Waals surface area contributed by atoms with E-state index in [0.717, 1.165) is 55.1 Å². The summed E-state index contributed by atoms with van der Waals surface area (Å²) in [6.07, 6.45) is 1.05. The average molecular weight is 499 g/mol. The van der Waals surface area contributed by atoms with Gasteiger partial charge in [-0.15, -0.1) is 0 Å². The minimum atomic E-state index is -3.55. The van der Waals surface area contributed by atoms with Crippen LogP contribution in [0.2, 0.25) is 0 Å². The van der Waals surface area contributed by atoms with E-state index in [9.17, 15) is 13.2 Å². The average Bonchev–Trinajstić information content (AvgIpc) is 2.84. The lowest BCUT2D eigenvalue weighted by Crippen LogP contribution is -2.46. The molecule has 2 fully saturated rings. The third-order valence-electron chi connectivity index (χ3n) is 7.40. The van der Waals surface area contributed by atoms with Crippen molar-refractivity contribution in [2.24, 2.45) is 5.92 Å². The number of amides is 1. The van der Waals surface area contributed by atoms with Crippen LogP contribution in [0.15, 0.2) is 41.3 Å². The van der Waals surface area contributed by atoms with Crippen LogP contribution < -0.4 is 10.2 Å². The number of hydrogen-bond acceptors (Lipinski definition) is 5. The minimum absolute atomic E-state index is 0.0303. The Hall–Kier alpha value is -2.42. The predicted octanol–water partition coefficient (Wildman–Crippen LogP) is 3.79. The summed E-state index contributed by atoms with van der Waals surface area (Å²) in [7, 11) is -3.55. The number of rotatable bonds is 6. The topological polar surface area (TPSA) is 73.0 Å². The standard InChI is InChI=1S/C27H38N4O3S/c1-5-29-14-16-30(17-15-29)25-8-7-24(19-21(25)3)28-27(32)23-10-12-31(13-11-23)35(33,34)26-9-6-20(2)18-22(26)4/h6-9,18-19,23H,5,10-17H2,1-4H3,(H,28,32). The maximum atomic E-state index is 13.1. The number of nitrogens with one attached hydrogen (secondary N) is 1. The van der Waals surface area contributed by atoms with Crippen LogP contribution in [-0.2, 0) is 14.8 Å². The highest BCUT2D eigenvalue weighted by atomic mass is 32.2. The quantitative estimate of drug-likeness (QED) is 0.656. The highest BCUT2D eigenvalue weighted by Gasteiger charge is 2.33. The second-order valence-corrected chi connectivity index (χ2v) is 11.8. The molecule has 4 rings (SSSR count). The second-order valence-electron chi connectivity index (χ2n) is 9.86. The van der Waals surface area contributed by atoms with Gasteiger partial charge in [-0.2, -0.15) is 4.31 Å². The number of piperazine rings is 1. The Kier molecular flexibility index (Phi) is 7.83. The fraction of sp³-hybridized carbons (Fsp3) is 0.519. The van der Waals surface area contributed by atoms with Crippen LogP contribution in [0.4, 0.5) is 11.4 Å². The number of carbonyl (C=O) groups excluding carboxylic acids is 1. The molecule has 0 atom stereocenters. The van der Waals surface area contributed by atoms with Gasteiger partial charge in [0.15, 0.2) is 0 Å². The monoisotopic (exact) mass is 498 g/mol. The van der Waals surface area contributed by atoms with Crippen molar-refractivity contribution >= 4 is 27.3 Å². The summed E-state index contributed by atoms with van der Waals surface area (Å²) in [4.78, 5) is 18.2. The van der Waals surface area contributed by atoms with Crippen molar-refractivity contribution < 1.29 is 13.2 Å². The van der Waals surface area contributed by atoms with Gasteiger partial charge in [-0.05, 0) is 75.5 Å². The molecule has 7 nitrogen and oxygen atoms in total. The highest BCUT2D eigenvalue weighted by molar-refractivity contribution is 7.89. The lowest BCUT2D eigenvalue weighted by molar-refractivity contribution is -0.120. The number of anilines is 2. The van der Waals surface area contributed by atoms with Gasteiger partial charge in [-0.25, -0.2) is 8.42 Å². The molecular formula is C27H38N4O3S. The smallest absolute Gasteiger partial charge is 0.243 e. The largest absolute Gasteiger partial charge is 0.369 e. The molecule has 2 aliphatic rings. The minimum Gasteiger partial charge on any atom is -0.369 e. The molecule has 190 valence electrons. The van der Waals surface area contributed by atoms with Crippen molar-refractivity contribution in [3.63, 3.8) is 0 Å². The molecular weight excluding hydrogens is 460 g/mol. The number of nitrogens with zero attached hydrogens (tertiary/aromatic N) is 3. The fourth-order valence-electron chi connectivity index (χ4n) is 5.22. The van der Waals surface area contributed by atoms with Crippen molar-refractivity contribution in [2.75, 3.05) is 56.0 Å². The van der Waals surface area contributed by atoms with E-state index in [1.165, 1.54) is 9.99 Å². The van der Waals surface area contributed by atoms with Gasteiger partial charge in [-0.1, -0.05) is 24.6 Å². The van der Waals surface area contributed by atoms with Crippen molar-refractivity contribution in [1.29, 1.82) is 0 Å². The van der Waals surface area contributed by atoms with E-state index in [1.807, 2.05) is 38.1 Å². The third-order valence-corrected chi connectivity index (χ3v) is 9.46. The number of carbonyl (C=O) groups is 1. The van der Waals surface area contributed by atoms with Gasteiger partial charge >= 0.3 is 0 Å². The number of piperidine rings is 1. The first-order chi connectivity index (χ1) is 16.7. The van der Waals surface area contributed by atoms with E-state index in [1.54, 1.807) is 6.07 Å². The van der Waals surface area contributed by atoms with Crippen LogP contribution in [0.25, 0.3) is 0 Å². The molecule has 0 radical (unpaired) electrons. The van der Waals surface area contributed by atoms with Crippen LogP contribution in [0.1, 0.15) is 36.5 Å². The zero-order valence-corrected chi connectivity index (χ0v) is 22.2. The second kappa shape index (κ2) is 10.7. The number of benzene rings is 2. The van der Waals surface area contributed by atoms with Gasteiger partial charge < -0.3 is 15.1 Å². The molecule has 0 spiro atoms. The van der Waals surface area contributed by atoms with Crippen LogP contribution >= 0.6 is 0 Å². The van der Waals surface area contributed by atoms with Crippen LogP contribution in [0.5, 0.6) is 0 Å². The number of aryl methyl sites for hydroxylation is 3. The molecule has 2 aliphatic heterocycles. The summed E-state index contributed by atoms with van der Waals surface area (Å²) < 4.78 is 27.8. The molecule has 2 aromatic rings. The Morgan fingerprint density at radius 2 is 1.60 bits per heavy atom. The van der Waals surface area contributed by atoms with Crippen molar-refractivity contribution in [2.45, 2.75) is 45.4 Å². The first-order valence-corrected chi connectivity index (χ1v) is 14.1. The number of likely N-dealkylation sites (N-methyl/N-ethyl adjacent to an activating group) is 1. The zero-order valence-electron chi connectivity index (χ0n) is 21.4. The summed E-state index contributed by atoms with van der Waals surface area (Å²) in [5, 5.41) is 3.07. The maximum Gasteiger partial charge on any atom is 0.243 e. The number of sulfonamides is 1. The highest BCUT2D eigenvalue weighted by Crippen LogP contribution is 2.28. The van der Waals surface area contributed by atoms with Crippen LogP contribution in [0.3, 0.4) is 0 Å². The SMILES string of the molecule is CCN1CCN(c2ccc(NC(=O)C3CCN(S(=O)(=O)c4ccc(C)cc4C)CC3)cc2C)CC1. The molecule has 0 aromatic heterocycles. The summed E-state index contributed by atoms with van der Waals surface area (Å²) >= 11 is 0. The Morgan fingerprint density at radius 3 is 2.20 bits per heavy atom. The summed E-state index contributed by atoms with van der Waals surface area (Å²) in [6, 6.07) is 11.5. The molecule has 35 heavy (non-hydrogen) atoms. The van der Waals surface area contributed by atoms with Gasteiger partial charge in [0.25, 0.3) is 0 Å². The molecule has 8 heteroatoms. The normalized spacial score (nSPS) is 18.6. The molecule has 0 bridgehead atoms. The van der Waals surface area contributed by atoms with Crippen molar-refractivity contribution in [3.8, 4) is 0 Å². The van der Waals surface area contributed by atoms with E-state index >= 15 is 0 Å².